The molecule has 1 fully saturated rings. The van der Waals surface area contributed by atoms with Gasteiger partial charge in [-0.2, -0.15) is 0 Å². The molecule has 3 atom stereocenters. The third kappa shape index (κ3) is 2.89. The summed E-state index contributed by atoms with van der Waals surface area (Å²) in [6, 6.07) is 9.35. The third-order valence-electron chi connectivity index (χ3n) is 4.51. The van der Waals surface area contributed by atoms with Gasteiger partial charge in [0.25, 0.3) is 0 Å². The van der Waals surface area contributed by atoms with E-state index < -0.39 is 23.0 Å². The lowest BCUT2D eigenvalue weighted by Gasteiger charge is -2.32. The zero-order valence-corrected chi connectivity index (χ0v) is 14.9. The predicted octanol–water partition coefficient (Wildman–Crippen LogP) is 1.74. The van der Waals surface area contributed by atoms with Crippen LogP contribution in [0.4, 0.5) is 0 Å². The van der Waals surface area contributed by atoms with Crippen LogP contribution in [0.5, 0.6) is 0 Å². The fourth-order valence-electron chi connectivity index (χ4n) is 3.34. The maximum atomic E-state index is 12.6. The Morgan fingerprint density at radius 3 is 2.20 bits per heavy atom. The highest BCUT2D eigenvalue weighted by Gasteiger charge is 2.53. The van der Waals surface area contributed by atoms with E-state index in [1.165, 1.54) is 20.9 Å². The zero-order valence-electron chi connectivity index (χ0n) is 14.1. The Balaban J connectivity index is 2.12. The number of imide groups is 2. The molecule has 0 radical (unpaired) electrons. The van der Waals surface area contributed by atoms with Crippen LogP contribution in [0.15, 0.2) is 41.4 Å². The first-order valence-corrected chi connectivity index (χ1v) is 8.77. The molecule has 7 heteroatoms. The maximum absolute atomic E-state index is 12.6. The molecule has 0 bridgehead atoms. The molecule has 1 saturated heterocycles. The number of nitrogens with zero attached hydrogens (tertiary/aromatic N) is 2. The molecule has 1 aromatic carbocycles. The Morgan fingerprint density at radius 2 is 1.64 bits per heavy atom. The number of likely N-dealkylation sites (tertiary alicyclic amines) is 1. The molecule has 3 rings (SSSR count). The summed E-state index contributed by atoms with van der Waals surface area (Å²) < 4.78 is 0. The number of fused-ring (bicyclic) bond motifs is 1. The van der Waals surface area contributed by atoms with Crippen LogP contribution in [0.3, 0.4) is 0 Å². The summed E-state index contributed by atoms with van der Waals surface area (Å²) in [6.07, 6.45) is 1.76. The zero-order chi connectivity index (χ0) is 18.3. The van der Waals surface area contributed by atoms with Crippen LogP contribution >= 0.6 is 11.8 Å². The smallest absolute Gasteiger partial charge is 0.243 e. The fraction of sp³-hybridized carbons (Fsp3) is 0.333. The Labute approximate surface area is 149 Å². The minimum atomic E-state index is -0.635. The van der Waals surface area contributed by atoms with Crippen LogP contribution in [0.2, 0.25) is 0 Å². The van der Waals surface area contributed by atoms with Crippen molar-refractivity contribution in [3.05, 3.63) is 47.0 Å². The Hall–Kier alpha value is -2.41. The van der Waals surface area contributed by atoms with Crippen LogP contribution in [0, 0.1) is 5.92 Å². The number of rotatable bonds is 2. The van der Waals surface area contributed by atoms with Gasteiger partial charge in [0.2, 0.25) is 23.6 Å². The van der Waals surface area contributed by atoms with Gasteiger partial charge in [0.15, 0.2) is 0 Å². The SMILES string of the molecule is CC(=O)N(C(C)=O)C1=C[C@@H](c2ccccc2)[C@@H]2C(=O)N(C)C(=O)[C@@H]2S1. The first-order valence-electron chi connectivity index (χ1n) is 7.89. The second kappa shape index (κ2) is 6.48. The number of allylic oxidation sites excluding steroid dienone is 1. The summed E-state index contributed by atoms with van der Waals surface area (Å²) in [7, 11) is 1.47. The van der Waals surface area contributed by atoms with Gasteiger partial charge in [0, 0.05) is 26.8 Å². The molecule has 130 valence electrons. The van der Waals surface area contributed by atoms with Gasteiger partial charge in [-0.25, -0.2) is 4.90 Å². The lowest BCUT2D eigenvalue weighted by atomic mass is 9.84. The van der Waals surface area contributed by atoms with Gasteiger partial charge in [-0.15, -0.1) is 0 Å². The topological polar surface area (TPSA) is 74.8 Å². The monoisotopic (exact) mass is 358 g/mol. The number of benzene rings is 1. The molecule has 1 aromatic rings. The number of carbonyl (C=O) groups is 4. The molecule has 0 aromatic heterocycles. The van der Waals surface area contributed by atoms with E-state index in [9.17, 15) is 19.2 Å². The molecular formula is C18H18N2O4S. The van der Waals surface area contributed by atoms with Gasteiger partial charge >= 0.3 is 0 Å². The number of thioether (sulfide) groups is 1. The second-order valence-electron chi connectivity index (χ2n) is 6.11. The molecule has 2 heterocycles. The van der Waals surface area contributed by atoms with E-state index in [0.29, 0.717) is 5.03 Å². The number of amides is 4. The number of hydrogen-bond acceptors (Lipinski definition) is 5. The summed E-state index contributed by atoms with van der Waals surface area (Å²) in [4.78, 5) is 51.1. The van der Waals surface area contributed by atoms with E-state index in [2.05, 4.69) is 0 Å². The number of carbonyl (C=O) groups excluding carboxylic acids is 4. The standard InChI is InChI=1S/C18H18N2O4S/c1-10(21)20(11(2)22)14-9-13(12-7-5-4-6-8-12)15-16(25-14)18(24)19(3)17(15)23/h4-9,13,15-16H,1-3H3/t13-,15-,16+/m0/s1. The summed E-state index contributed by atoms with van der Waals surface area (Å²) >= 11 is 1.11. The van der Waals surface area contributed by atoms with Crippen molar-refractivity contribution in [1.82, 2.24) is 9.80 Å². The molecule has 0 unspecified atom stereocenters. The van der Waals surface area contributed by atoms with Crippen molar-refractivity contribution in [3.8, 4) is 0 Å². The third-order valence-corrected chi connectivity index (χ3v) is 5.82. The quantitative estimate of drug-likeness (QED) is 0.753. The molecule has 0 N–H and O–H groups in total. The summed E-state index contributed by atoms with van der Waals surface area (Å²) in [5, 5.41) is -0.226. The van der Waals surface area contributed by atoms with Crippen molar-refractivity contribution >= 4 is 35.4 Å². The Morgan fingerprint density at radius 1 is 1.04 bits per heavy atom. The van der Waals surface area contributed by atoms with Crippen LogP contribution < -0.4 is 0 Å². The van der Waals surface area contributed by atoms with Gasteiger partial charge < -0.3 is 0 Å². The molecule has 0 aliphatic carbocycles. The van der Waals surface area contributed by atoms with Crippen molar-refractivity contribution in [2.45, 2.75) is 25.0 Å². The Kier molecular flexibility index (Phi) is 4.51. The Bertz CT molecular complexity index is 776. The average Bonchev–Trinajstić information content (AvgIpc) is 2.79. The highest BCUT2D eigenvalue weighted by Crippen LogP contribution is 2.48. The highest BCUT2D eigenvalue weighted by molar-refractivity contribution is 8.04. The van der Waals surface area contributed by atoms with Crippen molar-refractivity contribution in [3.63, 3.8) is 0 Å². The van der Waals surface area contributed by atoms with E-state index in [1.807, 2.05) is 30.3 Å². The second-order valence-corrected chi connectivity index (χ2v) is 7.28. The molecule has 2 aliphatic heterocycles. The van der Waals surface area contributed by atoms with Gasteiger partial charge in [-0.3, -0.25) is 24.1 Å². The summed E-state index contributed by atoms with van der Waals surface area (Å²) in [5.41, 5.74) is 0.874. The molecule has 4 amide bonds. The normalized spacial score (nSPS) is 25.5. The average molecular weight is 358 g/mol. The molecule has 0 spiro atoms. The van der Waals surface area contributed by atoms with Crippen molar-refractivity contribution in [1.29, 1.82) is 0 Å². The lowest BCUT2D eigenvalue weighted by Crippen LogP contribution is -2.37. The lowest BCUT2D eigenvalue weighted by molar-refractivity contribution is -0.140. The van der Waals surface area contributed by atoms with E-state index in [0.717, 1.165) is 27.1 Å². The van der Waals surface area contributed by atoms with Crippen molar-refractivity contribution in [2.24, 2.45) is 5.92 Å². The summed E-state index contributed by atoms with van der Waals surface area (Å²) in [5.74, 6) is -2.26. The van der Waals surface area contributed by atoms with Crippen molar-refractivity contribution in [2.75, 3.05) is 7.05 Å². The molecule has 6 nitrogen and oxygen atoms in total. The maximum Gasteiger partial charge on any atom is 0.243 e. The van der Waals surface area contributed by atoms with E-state index >= 15 is 0 Å². The van der Waals surface area contributed by atoms with Crippen LogP contribution in [0.1, 0.15) is 25.3 Å². The van der Waals surface area contributed by atoms with Gasteiger partial charge in [-0.05, 0) is 11.6 Å². The van der Waals surface area contributed by atoms with Gasteiger partial charge in [0.05, 0.1) is 10.9 Å². The van der Waals surface area contributed by atoms with Gasteiger partial charge in [-0.1, -0.05) is 42.1 Å². The van der Waals surface area contributed by atoms with Gasteiger partial charge in [0.1, 0.15) is 5.25 Å². The fourth-order valence-corrected chi connectivity index (χ4v) is 4.88. The minimum Gasteiger partial charge on any atom is -0.284 e. The molecule has 0 saturated carbocycles. The van der Waals surface area contributed by atoms with Crippen LogP contribution in [-0.2, 0) is 19.2 Å². The minimum absolute atomic E-state index is 0.233. The largest absolute Gasteiger partial charge is 0.284 e. The molecule has 25 heavy (non-hydrogen) atoms. The first-order chi connectivity index (χ1) is 11.8. The van der Waals surface area contributed by atoms with E-state index in [-0.39, 0.29) is 17.7 Å². The molecular weight excluding hydrogens is 340 g/mol. The number of hydrogen-bond donors (Lipinski definition) is 0. The van der Waals surface area contributed by atoms with E-state index in [4.69, 9.17) is 0 Å². The van der Waals surface area contributed by atoms with E-state index in [1.54, 1.807) is 6.08 Å². The van der Waals surface area contributed by atoms with Crippen LogP contribution in [-0.4, -0.2) is 45.7 Å². The molecule has 2 aliphatic rings. The van der Waals surface area contributed by atoms with Crippen molar-refractivity contribution < 1.29 is 19.2 Å². The predicted molar refractivity (Wildman–Crippen MR) is 93.1 cm³/mol. The summed E-state index contributed by atoms with van der Waals surface area (Å²) in [6.45, 7) is 2.61. The highest BCUT2D eigenvalue weighted by atomic mass is 32.2. The van der Waals surface area contributed by atoms with Crippen LogP contribution in [0.25, 0.3) is 0 Å². The first kappa shape index (κ1) is 17.4.